The molecule has 2 aromatic carbocycles. The van der Waals surface area contributed by atoms with E-state index in [0.29, 0.717) is 21.3 Å². The Kier molecular flexibility index (Phi) is 5.63. The number of fused-ring (bicyclic) bond motifs is 1. The highest BCUT2D eigenvalue weighted by molar-refractivity contribution is 6.38. The zero-order valence-electron chi connectivity index (χ0n) is 14.8. The molecule has 0 aliphatic carbocycles. The van der Waals surface area contributed by atoms with Crippen LogP contribution in [0.1, 0.15) is 19.4 Å². The van der Waals surface area contributed by atoms with Crippen molar-refractivity contribution >= 4 is 57.2 Å². The average molecular weight is 402 g/mol. The summed E-state index contributed by atoms with van der Waals surface area (Å²) in [5.41, 5.74) is 1.75. The molecule has 27 heavy (non-hydrogen) atoms. The number of hydrogen-bond acceptors (Lipinski definition) is 3. The lowest BCUT2D eigenvalue weighted by molar-refractivity contribution is -0.116. The summed E-state index contributed by atoms with van der Waals surface area (Å²) in [5.74, 6) is -0.397. The minimum Gasteiger partial charge on any atom is -0.325 e. The number of amides is 2. The molecule has 138 valence electrons. The highest BCUT2D eigenvalue weighted by Gasteiger charge is 2.20. The molecule has 0 aliphatic heterocycles. The van der Waals surface area contributed by atoms with Gasteiger partial charge in [0.25, 0.3) is 0 Å². The van der Waals surface area contributed by atoms with Gasteiger partial charge in [0.05, 0.1) is 22.9 Å². The fraction of sp³-hybridized carbons (Fsp3) is 0.150. The Bertz CT molecular complexity index is 1030. The number of nitrogens with zero attached hydrogens (tertiary/aromatic N) is 2. The van der Waals surface area contributed by atoms with Crippen LogP contribution in [0.5, 0.6) is 0 Å². The van der Waals surface area contributed by atoms with Gasteiger partial charge >= 0.3 is 0 Å². The maximum atomic E-state index is 12.4. The van der Waals surface area contributed by atoms with Crippen LogP contribution in [0.2, 0.25) is 10.0 Å². The minimum atomic E-state index is -0.241. The van der Waals surface area contributed by atoms with Crippen LogP contribution in [0.4, 0.5) is 11.4 Å². The predicted molar refractivity (Wildman–Crippen MR) is 109 cm³/mol. The van der Waals surface area contributed by atoms with Gasteiger partial charge in [-0.3, -0.25) is 14.6 Å². The lowest BCUT2D eigenvalue weighted by atomic mass is 10.1. The van der Waals surface area contributed by atoms with Crippen LogP contribution in [-0.4, -0.2) is 16.8 Å². The van der Waals surface area contributed by atoms with E-state index in [0.717, 1.165) is 16.5 Å². The van der Waals surface area contributed by atoms with Crippen LogP contribution in [-0.2, 0) is 16.1 Å². The van der Waals surface area contributed by atoms with Crippen molar-refractivity contribution in [2.45, 2.75) is 20.4 Å². The van der Waals surface area contributed by atoms with E-state index in [1.54, 1.807) is 29.4 Å². The van der Waals surface area contributed by atoms with Crippen LogP contribution < -0.4 is 10.2 Å². The third-order valence-electron chi connectivity index (χ3n) is 4.14. The molecule has 1 N–H and O–H groups in total. The molecule has 0 saturated heterocycles. The second kappa shape index (κ2) is 7.94. The van der Waals surface area contributed by atoms with Crippen molar-refractivity contribution in [3.8, 4) is 0 Å². The topological polar surface area (TPSA) is 62.3 Å². The van der Waals surface area contributed by atoms with Gasteiger partial charge in [-0.15, -0.1) is 0 Å². The van der Waals surface area contributed by atoms with E-state index < -0.39 is 0 Å². The highest BCUT2D eigenvalue weighted by atomic mass is 35.5. The molecule has 0 fully saturated rings. The Morgan fingerprint density at radius 2 is 1.89 bits per heavy atom. The molecule has 3 aromatic rings. The number of rotatable bonds is 4. The quantitative estimate of drug-likeness (QED) is 0.664. The summed E-state index contributed by atoms with van der Waals surface area (Å²) in [6.07, 6.45) is 3.43. The van der Waals surface area contributed by atoms with E-state index in [9.17, 15) is 9.59 Å². The van der Waals surface area contributed by atoms with Crippen LogP contribution in [0.15, 0.2) is 48.8 Å². The summed E-state index contributed by atoms with van der Waals surface area (Å²) in [6.45, 7) is 3.05. The average Bonchev–Trinajstić information content (AvgIpc) is 2.63. The Hall–Kier alpha value is -2.63. The molecule has 0 bridgehead atoms. The summed E-state index contributed by atoms with van der Waals surface area (Å²) in [6, 6.07) is 10.8. The highest BCUT2D eigenvalue weighted by Crippen LogP contribution is 2.35. The van der Waals surface area contributed by atoms with Crippen molar-refractivity contribution in [3.63, 3.8) is 0 Å². The van der Waals surface area contributed by atoms with Crippen molar-refractivity contribution < 1.29 is 9.59 Å². The molecule has 7 heteroatoms. The monoisotopic (exact) mass is 401 g/mol. The number of benzene rings is 2. The van der Waals surface area contributed by atoms with Crippen molar-refractivity contribution in [3.05, 3.63) is 64.4 Å². The first-order valence-electron chi connectivity index (χ1n) is 8.23. The first-order valence-corrected chi connectivity index (χ1v) is 8.99. The number of aromatic nitrogens is 1. The number of anilines is 2. The van der Waals surface area contributed by atoms with Crippen molar-refractivity contribution in [2.75, 3.05) is 10.2 Å². The Morgan fingerprint density at radius 1 is 1.11 bits per heavy atom. The molecule has 0 unspecified atom stereocenters. The smallest absolute Gasteiger partial charge is 0.224 e. The molecule has 2 amide bonds. The Morgan fingerprint density at radius 3 is 2.59 bits per heavy atom. The van der Waals surface area contributed by atoms with Crippen molar-refractivity contribution in [1.82, 2.24) is 4.98 Å². The van der Waals surface area contributed by atoms with Gasteiger partial charge in [-0.2, -0.15) is 0 Å². The maximum absolute atomic E-state index is 12.4. The number of pyridine rings is 1. The second-order valence-electron chi connectivity index (χ2n) is 6.05. The molecule has 1 heterocycles. The van der Waals surface area contributed by atoms with Gasteiger partial charge in [0.15, 0.2) is 0 Å². The normalized spacial score (nSPS) is 10.7. The lowest BCUT2D eigenvalue weighted by Crippen LogP contribution is -2.28. The zero-order valence-corrected chi connectivity index (χ0v) is 16.3. The number of nitrogens with one attached hydrogen (secondary N) is 1. The first kappa shape index (κ1) is 19.1. The molecular weight excluding hydrogens is 385 g/mol. The molecule has 0 spiro atoms. The summed E-state index contributed by atoms with van der Waals surface area (Å²) >= 11 is 12.8. The zero-order chi connectivity index (χ0) is 19.6. The molecule has 0 atom stereocenters. The van der Waals surface area contributed by atoms with Crippen molar-refractivity contribution in [2.24, 2.45) is 0 Å². The fourth-order valence-corrected chi connectivity index (χ4v) is 3.43. The molecule has 0 saturated carbocycles. The lowest BCUT2D eigenvalue weighted by Gasteiger charge is -2.24. The van der Waals surface area contributed by atoms with E-state index in [2.05, 4.69) is 10.3 Å². The largest absolute Gasteiger partial charge is 0.325 e. The number of hydrogen-bond donors (Lipinski definition) is 1. The molecular formula is C20H17Cl2N3O2. The third-order valence-corrected chi connectivity index (χ3v) is 4.93. The summed E-state index contributed by atoms with van der Waals surface area (Å²) in [5, 5.41) is 5.22. The second-order valence-corrected chi connectivity index (χ2v) is 6.83. The molecule has 5 nitrogen and oxygen atoms in total. The summed E-state index contributed by atoms with van der Waals surface area (Å²) < 4.78 is 0. The minimum absolute atomic E-state index is 0.156. The van der Waals surface area contributed by atoms with Gasteiger partial charge in [-0.1, -0.05) is 35.3 Å². The number of carbonyl (C=O) groups excluding carboxylic acids is 2. The van der Waals surface area contributed by atoms with E-state index in [1.807, 2.05) is 24.3 Å². The van der Waals surface area contributed by atoms with Gasteiger partial charge in [-0.05, 0) is 24.3 Å². The summed E-state index contributed by atoms with van der Waals surface area (Å²) in [4.78, 5) is 29.5. The van der Waals surface area contributed by atoms with Crippen LogP contribution in [0.25, 0.3) is 10.8 Å². The SMILES string of the molecule is CC(=O)Nc1ccc(Cl)c(CN(C(C)=O)c2cccc3cnccc23)c1Cl. The van der Waals surface area contributed by atoms with Crippen LogP contribution in [0, 0.1) is 0 Å². The molecule has 1 aromatic heterocycles. The van der Waals surface area contributed by atoms with Crippen LogP contribution >= 0.6 is 23.2 Å². The van der Waals surface area contributed by atoms with E-state index >= 15 is 0 Å². The molecule has 3 rings (SSSR count). The number of carbonyl (C=O) groups is 2. The first-order chi connectivity index (χ1) is 12.9. The van der Waals surface area contributed by atoms with Gasteiger partial charge < -0.3 is 10.2 Å². The van der Waals surface area contributed by atoms with Crippen LogP contribution in [0.3, 0.4) is 0 Å². The maximum Gasteiger partial charge on any atom is 0.224 e. The standard InChI is InChI=1S/C20H17Cl2N3O2/c1-12(26)24-18-7-6-17(21)16(20(18)22)11-25(13(2)27)19-5-3-4-14-10-23-9-8-15(14)19/h3-10H,11H2,1-2H3,(H,24,26). The van der Waals surface area contributed by atoms with Crippen molar-refractivity contribution in [1.29, 1.82) is 0 Å². The Balaban J connectivity index is 2.08. The molecule has 0 radical (unpaired) electrons. The van der Waals surface area contributed by atoms with E-state index in [1.165, 1.54) is 13.8 Å². The molecule has 0 aliphatic rings. The number of halogens is 2. The predicted octanol–water partition coefficient (Wildman–Crippen LogP) is 5.05. The van der Waals surface area contributed by atoms with E-state index in [4.69, 9.17) is 23.2 Å². The third kappa shape index (κ3) is 4.04. The van der Waals surface area contributed by atoms with Gasteiger partial charge in [0, 0.05) is 47.6 Å². The summed E-state index contributed by atoms with van der Waals surface area (Å²) in [7, 11) is 0. The van der Waals surface area contributed by atoms with Gasteiger partial charge in [0.1, 0.15) is 0 Å². The Labute approximate surface area is 166 Å². The van der Waals surface area contributed by atoms with Gasteiger partial charge in [0.2, 0.25) is 11.8 Å². The van der Waals surface area contributed by atoms with E-state index in [-0.39, 0.29) is 18.4 Å². The van der Waals surface area contributed by atoms with Gasteiger partial charge in [-0.25, -0.2) is 0 Å². The fourth-order valence-electron chi connectivity index (χ4n) is 2.89.